The second-order valence-corrected chi connectivity index (χ2v) is 7.02. The molecule has 0 aromatic heterocycles. The van der Waals surface area contributed by atoms with E-state index in [1.807, 2.05) is 49.3 Å². The van der Waals surface area contributed by atoms with Gasteiger partial charge in [-0.1, -0.05) is 30.3 Å². The molecule has 7 heteroatoms. The second-order valence-electron chi connectivity index (χ2n) is 7.02. The molecule has 0 aliphatic carbocycles. The first kappa shape index (κ1) is 19.9. The summed E-state index contributed by atoms with van der Waals surface area (Å²) in [6.07, 6.45) is 1.15. The van der Waals surface area contributed by atoms with Gasteiger partial charge in [0.15, 0.2) is 0 Å². The zero-order valence-corrected chi connectivity index (χ0v) is 16.2. The standard InChI is InChI=1S/C21H23F2N3O2/c1-15(27)26-21(12-7-13-25(2)3,16-8-5-4-6-9-16)28-20(24-26)18-14-17(22)10-11-19(18)23/h4-6,8-11,14H,7,12-13H2,1-3H3. The normalized spacial score (nSPS) is 18.9. The van der Waals surface area contributed by atoms with E-state index in [4.69, 9.17) is 4.74 Å². The first-order valence-corrected chi connectivity index (χ1v) is 9.07. The Kier molecular flexibility index (Phi) is 5.74. The van der Waals surface area contributed by atoms with Crippen molar-refractivity contribution < 1.29 is 18.3 Å². The molecule has 3 rings (SSSR count). The third-order valence-electron chi connectivity index (χ3n) is 4.60. The average Bonchev–Trinajstić information content (AvgIpc) is 3.05. The molecule has 5 nitrogen and oxygen atoms in total. The Morgan fingerprint density at radius 3 is 2.54 bits per heavy atom. The van der Waals surface area contributed by atoms with Crippen molar-refractivity contribution in [2.75, 3.05) is 20.6 Å². The summed E-state index contributed by atoms with van der Waals surface area (Å²) in [6.45, 7) is 2.15. The number of rotatable bonds is 6. The number of benzene rings is 2. The zero-order valence-electron chi connectivity index (χ0n) is 16.2. The molecule has 1 aliphatic rings. The zero-order chi connectivity index (χ0) is 20.3. The first-order chi connectivity index (χ1) is 13.3. The Labute approximate surface area is 163 Å². The molecule has 0 fully saturated rings. The van der Waals surface area contributed by atoms with Crippen molar-refractivity contribution in [3.05, 3.63) is 71.3 Å². The lowest BCUT2D eigenvalue weighted by Gasteiger charge is -2.35. The van der Waals surface area contributed by atoms with Gasteiger partial charge in [0.25, 0.3) is 0 Å². The van der Waals surface area contributed by atoms with Crippen LogP contribution in [0.15, 0.2) is 53.6 Å². The minimum Gasteiger partial charge on any atom is -0.443 e. The van der Waals surface area contributed by atoms with Crippen LogP contribution in [-0.4, -0.2) is 42.4 Å². The van der Waals surface area contributed by atoms with E-state index in [0.29, 0.717) is 12.8 Å². The van der Waals surface area contributed by atoms with Gasteiger partial charge in [-0.15, -0.1) is 5.10 Å². The quantitative estimate of drug-likeness (QED) is 0.759. The van der Waals surface area contributed by atoms with Gasteiger partial charge in [0.1, 0.15) is 11.6 Å². The Morgan fingerprint density at radius 1 is 1.18 bits per heavy atom. The maximum atomic E-state index is 14.3. The topological polar surface area (TPSA) is 45.1 Å². The van der Waals surface area contributed by atoms with Crippen LogP contribution in [0.4, 0.5) is 8.78 Å². The predicted octanol–water partition coefficient (Wildman–Crippen LogP) is 3.70. The summed E-state index contributed by atoms with van der Waals surface area (Å²) in [4.78, 5) is 14.4. The summed E-state index contributed by atoms with van der Waals surface area (Å²) in [5, 5.41) is 5.48. The molecule has 0 bridgehead atoms. The minimum atomic E-state index is -1.21. The SMILES string of the molecule is CC(=O)N1N=C(c2cc(F)ccc2F)OC1(CCCN(C)C)c1ccccc1. The lowest BCUT2D eigenvalue weighted by molar-refractivity contribution is -0.150. The number of ether oxygens (including phenoxy) is 1. The van der Waals surface area contributed by atoms with E-state index in [1.54, 1.807) is 0 Å². The van der Waals surface area contributed by atoms with E-state index in [2.05, 4.69) is 5.10 Å². The van der Waals surface area contributed by atoms with Gasteiger partial charge < -0.3 is 9.64 Å². The van der Waals surface area contributed by atoms with E-state index >= 15 is 0 Å². The number of hydrogen-bond acceptors (Lipinski definition) is 4. The van der Waals surface area contributed by atoms with Crippen LogP contribution in [0.25, 0.3) is 0 Å². The average molecular weight is 387 g/mol. The summed E-state index contributed by atoms with van der Waals surface area (Å²) in [6, 6.07) is 12.3. The second kappa shape index (κ2) is 8.06. The predicted molar refractivity (Wildman–Crippen MR) is 102 cm³/mol. The summed E-state index contributed by atoms with van der Waals surface area (Å²) in [5.41, 5.74) is -0.604. The van der Waals surface area contributed by atoms with Gasteiger partial charge in [-0.05, 0) is 45.3 Å². The third kappa shape index (κ3) is 3.89. The molecular weight excluding hydrogens is 364 g/mol. The molecule has 1 heterocycles. The van der Waals surface area contributed by atoms with Gasteiger partial charge in [0, 0.05) is 18.9 Å². The van der Waals surface area contributed by atoms with Crippen LogP contribution < -0.4 is 0 Å². The first-order valence-electron chi connectivity index (χ1n) is 9.07. The summed E-state index contributed by atoms with van der Waals surface area (Å²) in [5.74, 6) is -1.73. The molecule has 1 atom stereocenters. The number of carbonyl (C=O) groups is 1. The van der Waals surface area contributed by atoms with E-state index < -0.39 is 17.4 Å². The molecule has 0 N–H and O–H groups in total. The van der Waals surface area contributed by atoms with Crippen LogP contribution in [0.5, 0.6) is 0 Å². The lowest BCUT2D eigenvalue weighted by atomic mass is 9.96. The molecule has 0 radical (unpaired) electrons. The number of amides is 1. The van der Waals surface area contributed by atoms with Crippen LogP contribution in [0, 0.1) is 11.6 Å². The van der Waals surface area contributed by atoms with Crippen LogP contribution in [0.1, 0.15) is 30.9 Å². The van der Waals surface area contributed by atoms with Crippen LogP contribution in [0.3, 0.4) is 0 Å². The van der Waals surface area contributed by atoms with Crippen molar-refractivity contribution >= 4 is 11.8 Å². The number of hydrazone groups is 1. The highest BCUT2D eigenvalue weighted by Gasteiger charge is 2.48. The number of halogens is 2. The molecule has 148 valence electrons. The van der Waals surface area contributed by atoms with Gasteiger partial charge in [0.2, 0.25) is 17.5 Å². The van der Waals surface area contributed by atoms with Gasteiger partial charge in [0.05, 0.1) is 5.56 Å². The van der Waals surface area contributed by atoms with E-state index in [0.717, 1.165) is 30.3 Å². The molecule has 2 aromatic rings. The summed E-state index contributed by atoms with van der Waals surface area (Å²) >= 11 is 0. The smallest absolute Gasteiger partial charge is 0.244 e. The number of carbonyl (C=O) groups excluding carboxylic acids is 1. The lowest BCUT2D eigenvalue weighted by Crippen LogP contribution is -2.44. The van der Waals surface area contributed by atoms with Gasteiger partial charge >= 0.3 is 0 Å². The van der Waals surface area contributed by atoms with Crippen molar-refractivity contribution in [2.45, 2.75) is 25.5 Å². The summed E-state index contributed by atoms with van der Waals surface area (Å²) in [7, 11) is 3.91. The van der Waals surface area contributed by atoms with Crippen molar-refractivity contribution in [1.82, 2.24) is 9.91 Å². The van der Waals surface area contributed by atoms with Crippen LogP contribution in [-0.2, 0) is 15.3 Å². The fourth-order valence-corrected chi connectivity index (χ4v) is 3.31. The Hall–Kier alpha value is -2.80. The minimum absolute atomic E-state index is 0.110. The monoisotopic (exact) mass is 387 g/mol. The highest BCUT2D eigenvalue weighted by molar-refractivity contribution is 5.97. The molecule has 1 amide bonds. The maximum absolute atomic E-state index is 14.3. The molecule has 28 heavy (non-hydrogen) atoms. The van der Waals surface area contributed by atoms with Crippen molar-refractivity contribution in [1.29, 1.82) is 0 Å². The molecular formula is C21H23F2N3O2. The fourth-order valence-electron chi connectivity index (χ4n) is 3.31. The van der Waals surface area contributed by atoms with E-state index in [9.17, 15) is 13.6 Å². The van der Waals surface area contributed by atoms with Crippen LogP contribution >= 0.6 is 0 Å². The van der Waals surface area contributed by atoms with E-state index in [-0.39, 0.29) is 17.4 Å². The molecule has 1 aliphatic heterocycles. The summed E-state index contributed by atoms with van der Waals surface area (Å²) < 4.78 is 34.2. The molecule has 0 saturated carbocycles. The Morgan fingerprint density at radius 2 is 1.89 bits per heavy atom. The van der Waals surface area contributed by atoms with Crippen molar-refractivity contribution in [3.8, 4) is 0 Å². The molecule has 1 unspecified atom stereocenters. The third-order valence-corrected chi connectivity index (χ3v) is 4.60. The highest BCUT2D eigenvalue weighted by Crippen LogP contribution is 2.41. The van der Waals surface area contributed by atoms with Crippen molar-refractivity contribution in [3.63, 3.8) is 0 Å². The van der Waals surface area contributed by atoms with Gasteiger partial charge in [-0.3, -0.25) is 4.79 Å². The molecule has 0 spiro atoms. The molecule has 2 aromatic carbocycles. The Bertz CT molecular complexity index is 886. The Balaban J connectivity index is 2.05. The highest BCUT2D eigenvalue weighted by atomic mass is 19.1. The van der Waals surface area contributed by atoms with Crippen molar-refractivity contribution in [2.24, 2.45) is 5.10 Å². The largest absolute Gasteiger partial charge is 0.443 e. The molecule has 0 saturated heterocycles. The van der Waals surface area contributed by atoms with Gasteiger partial charge in [-0.25, -0.2) is 8.78 Å². The van der Waals surface area contributed by atoms with Gasteiger partial charge in [-0.2, -0.15) is 5.01 Å². The van der Waals surface area contributed by atoms with Crippen LogP contribution in [0.2, 0.25) is 0 Å². The number of nitrogens with zero attached hydrogens (tertiary/aromatic N) is 3. The fraction of sp³-hybridized carbons (Fsp3) is 0.333. The van der Waals surface area contributed by atoms with E-state index in [1.165, 1.54) is 11.9 Å². The number of hydrogen-bond donors (Lipinski definition) is 0. The maximum Gasteiger partial charge on any atom is 0.244 e.